The number of nitro groups is 1. The molecular formula is C7H8BrN3O2. The molecule has 1 N–H and O–H groups in total. The van der Waals surface area contributed by atoms with Crippen molar-refractivity contribution < 1.29 is 4.92 Å². The average Bonchev–Trinajstić information content (AvgIpc) is 2.07. The maximum atomic E-state index is 10.5. The maximum Gasteiger partial charge on any atom is 0.291 e. The Morgan fingerprint density at radius 2 is 2.31 bits per heavy atom. The molecule has 0 aliphatic heterocycles. The molecule has 0 fully saturated rings. The van der Waals surface area contributed by atoms with Gasteiger partial charge in [-0.15, -0.1) is 0 Å². The SMILES string of the molecule is CNc1nc(C)c([N+](=O)[O-])cc1Br. The van der Waals surface area contributed by atoms with E-state index in [1.54, 1.807) is 14.0 Å². The van der Waals surface area contributed by atoms with Crippen LogP contribution in [0.4, 0.5) is 11.5 Å². The fourth-order valence-corrected chi connectivity index (χ4v) is 1.44. The molecule has 13 heavy (non-hydrogen) atoms. The predicted octanol–water partition coefficient (Wildman–Crippen LogP) is 2.10. The highest BCUT2D eigenvalue weighted by atomic mass is 79.9. The molecule has 5 nitrogen and oxygen atoms in total. The monoisotopic (exact) mass is 245 g/mol. The summed E-state index contributed by atoms with van der Waals surface area (Å²) in [6.45, 7) is 1.60. The van der Waals surface area contributed by atoms with Gasteiger partial charge in [-0.2, -0.15) is 0 Å². The van der Waals surface area contributed by atoms with Crippen molar-refractivity contribution in [2.45, 2.75) is 6.92 Å². The fraction of sp³-hybridized carbons (Fsp3) is 0.286. The van der Waals surface area contributed by atoms with Crippen molar-refractivity contribution in [2.75, 3.05) is 12.4 Å². The van der Waals surface area contributed by atoms with Crippen LogP contribution in [0.15, 0.2) is 10.5 Å². The quantitative estimate of drug-likeness (QED) is 0.640. The summed E-state index contributed by atoms with van der Waals surface area (Å²) in [6.07, 6.45) is 0. The number of nitrogens with zero attached hydrogens (tertiary/aromatic N) is 2. The lowest BCUT2D eigenvalue weighted by molar-refractivity contribution is -0.385. The van der Waals surface area contributed by atoms with Gasteiger partial charge in [0.15, 0.2) is 0 Å². The summed E-state index contributed by atoms with van der Waals surface area (Å²) < 4.78 is 0.590. The van der Waals surface area contributed by atoms with Crippen LogP contribution in [0.25, 0.3) is 0 Å². The summed E-state index contributed by atoms with van der Waals surface area (Å²) in [5.41, 5.74) is 0.420. The Bertz CT molecular complexity index is 354. The van der Waals surface area contributed by atoms with Gasteiger partial charge in [0.05, 0.1) is 9.40 Å². The number of aryl methyl sites for hydroxylation is 1. The highest BCUT2D eigenvalue weighted by molar-refractivity contribution is 9.10. The molecule has 0 aliphatic rings. The molecular weight excluding hydrogens is 238 g/mol. The standard InChI is InChI=1S/C7H8BrN3O2/c1-4-6(11(12)13)3-5(8)7(9-2)10-4/h3H,1-2H3,(H,9,10). The van der Waals surface area contributed by atoms with E-state index < -0.39 is 4.92 Å². The van der Waals surface area contributed by atoms with Gasteiger partial charge in [0.1, 0.15) is 11.5 Å². The van der Waals surface area contributed by atoms with Crippen LogP contribution in [0.2, 0.25) is 0 Å². The molecule has 0 unspecified atom stereocenters. The van der Waals surface area contributed by atoms with Gasteiger partial charge in [0, 0.05) is 13.1 Å². The predicted molar refractivity (Wildman–Crippen MR) is 52.9 cm³/mol. The molecule has 0 atom stereocenters. The minimum atomic E-state index is -0.452. The third-order valence-corrected chi connectivity index (χ3v) is 2.18. The molecule has 0 saturated heterocycles. The number of rotatable bonds is 2. The second-order valence-electron chi connectivity index (χ2n) is 2.43. The van der Waals surface area contributed by atoms with Gasteiger partial charge >= 0.3 is 0 Å². The van der Waals surface area contributed by atoms with Crippen molar-refractivity contribution in [1.82, 2.24) is 4.98 Å². The lowest BCUT2D eigenvalue weighted by atomic mass is 10.3. The van der Waals surface area contributed by atoms with Gasteiger partial charge in [-0.05, 0) is 22.9 Å². The third kappa shape index (κ3) is 1.95. The van der Waals surface area contributed by atoms with E-state index >= 15 is 0 Å². The summed E-state index contributed by atoms with van der Waals surface area (Å²) in [5, 5.41) is 13.3. The van der Waals surface area contributed by atoms with E-state index in [-0.39, 0.29) is 5.69 Å². The average molecular weight is 246 g/mol. The van der Waals surface area contributed by atoms with E-state index in [0.717, 1.165) is 0 Å². The van der Waals surface area contributed by atoms with Crippen LogP contribution in [0.1, 0.15) is 5.69 Å². The first-order valence-electron chi connectivity index (χ1n) is 3.55. The van der Waals surface area contributed by atoms with Crippen molar-refractivity contribution in [1.29, 1.82) is 0 Å². The van der Waals surface area contributed by atoms with Gasteiger partial charge < -0.3 is 5.32 Å². The summed E-state index contributed by atoms with van der Waals surface area (Å²) >= 11 is 3.18. The normalized spacial score (nSPS) is 9.77. The molecule has 0 saturated carbocycles. The van der Waals surface area contributed by atoms with Crippen LogP contribution in [0.3, 0.4) is 0 Å². The number of hydrogen-bond acceptors (Lipinski definition) is 4. The van der Waals surface area contributed by atoms with Gasteiger partial charge in [-0.1, -0.05) is 0 Å². The zero-order valence-corrected chi connectivity index (χ0v) is 8.75. The van der Waals surface area contributed by atoms with Crippen molar-refractivity contribution in [2.24, 2.45) is 0 Å². The smallest absolute Gasteiger partial charge is 0.291 e. The largest absolute Gasteiger partial charge is 0.372 e. The van der Waals surface area contributed by atoms with Crippen LogP contribution < -0.4 is 5.32 Å². The van der Waals surface area contributed by atoms with E-state index in [0.29, 0.717) is 16.0 Å². The maximum absolute atomic E-state index is 10.5. The van der Waals surface area contributed by atoms with Gasteiger partial charge in [0.2, 0.25) is 0 Å². The topological polar surface area (TPSA) is 68.1 Å². The number of hydrogen-bond donors (Lipinski definition) is 1. The number of halogens is 1. The summed E-state index contributed by atoms with van der Waals surface area (Å²) in [6, 6.07) is 1.44. The molecule has 6 heteroatoms. The van der Waals surface area contributed by atoms with Crippen LogP contribution in [0, 0.1) is 17.0 Å². The zero-order valence-electron chi connectivity index (χ0n) is 7.17. The molecule has 1 rings (SSSR count). The first kappa shape index (κ1) is 9.91. The Morgan fingerprint density at radius 3 is 2.77 bits per heavy atom. The Labute approximate surface area is 83.5 Å². The van der Waals surface area contributed by atoms with E-state index in [1.807, 2.05) is 0 Å². The first-order valence-corrected chi connectivity index (χ1v) is 4.35. The minimum absolute atomic E-state index is 0.0193. The molecule has 1 heterocycles. The Kier molecular flexibility index (Phi) is 2.82. The Hall–Kier alpha value is -1.17. The van der Waals surface area contributed by atoms with Gasteiger partial charge in [-0.25, -0.2) is 4.98 Å². The number of anilines is 1. The molecule has 0 amide bonds. The third-order valence-electron chi connectivity index (χ3n) is 1.57. The molecule has 70 valence electrons. The lowest BCUT2D eigenvalue weighted by Gasteiger charge is -2.03. The second kappa shape index (κ2) is 3.69. The van der Waals surface area contributed by atoms with Crippen LogP contribution >= 0.6 is 15.9 Å². The van der Waals surface area contributed by atoms with Gasteiger partial charge in [0.25, 0.3) is 5.69 Å². The molecule has 0 aromatic carbocycles. The highest BCUT2D eigenvalue weighted by Gasteiger charge is 2.14. The van der Waals surface area contributed by atoms with Crippen molar-refractivity contribution >= 4 is 27.4 Å². The van der Waals surface area contributed by atoms with E-state index in [2.05, 4.69) is 26.2 Å². The summed E-state index contributed by atoms with van der Waals surface area (Å²) in [7, 11) is 1.71. The lowest BCUT2D eigenvalue weighted by Crippen LogP contribution is -1.99. The highest BCUT2D eigenvalue weighted by Crippen LogP contribution is 2.26. The summed E-state index contributed by atoms with van der Waals surface area (Å²) in [4.78, 5) is 14.1. The fourth-order valence-electron chi connectivity index (χ4n) is 0.931. The zero-order chi connectivity index (χ0) is 10.0. The van der Waals surface area contributed by atoms with Crippen molar-refractivity contribution in [3.8, 4) is 0 Å². The van der Waals surface area contributed by atoms with Crippen LogP contribution in [-0.4, -0.2) is 17.0 Å². The van der Waals surface area contributed by atoms with E-state index in [4.69, 9.17) is 0 Å². The second-order valence-corrected chi connectivity index (χ2v) is 3.28. The molecule has 1 aromatic rings. The number of nitrogens with one attached hydrogen (secondary N) is 1. The van der Waals surface area contributed by atoms with E-state index in [1.165, 1.54) is 6.07 Å². The number of pyridine rings is 1. The molecule has 0 aliphatic carbocycles. The van der Waals surface area contributed by atoms with Crippen LogP contribution in [-0.2, 0) is 0 Å². The Morgan fingerprint density at radius 1 is 1.69 bits per heavy atom. The Balaban J connectivity index is 3.28. The van der Waals surface area contributed by atoms with Crippen molar-refractivity contribution in [3.05, 3.63) is 26.3 Å². The molecule has 0 spiro atoms. The van der Waals surface area contributed by atoms with Crippen molar-refractivity contribution in [3.63, 3.8) is 0 Å². The van der Waals surface area contributed by atoms with E-state index in [9.17, 15) is 10.1 Å². The summed E-state index contributed by atoms with van der Waals surface area (Å²) in [5.74, 6) is 0.600. The first-order chi connectivity index (χ1) is 6.06. The molecule has 0 radical (unpaired) electrons. The molecule has 0 bridgehead atoms. The van der Waals surface area contributed by atoms with Crippen LogP contribution in [0.5, 0.6) is 0 Å². The van der Waals surface area contributed by atoms with Gasteiger partial charge in [-0.3, -0.25) is 10.1 Å². The molecule has 1 aromatic heterocycles. The number of aromatic nitrogens is 1. The minimum Gasteiger partial charge on any atom is -0.372 e.